The van der Waals surface area contributed by atoms with E-state index in [-0.39, 0.29) is 12.0 Å². The van der Waals surface area contributed by atoms with Crippen LogP contribution in [0.4, 0.5) is 0 Å². The van der Waals surface area contributed by atoms with Crippen molar-refractivity contribution in [2.75, 3.05) is 6.54 Å². The highest BCUT2D eigenvalue weighted by Gasteiger charge is 2.41. The molecule has 1 aliphatic carbocycles. The molecule has 0 amide bonds. The molecule has 5 unspecified atom stereocenters. The van der Waals surface area contributed by atoms with Crippen LogP contribution in [0.5, 0.6) is 0 Å². The summed E-state index contributed by atoms with van der Waals surface area (Å²) in [5.74, 6) is 0.793. The van der Waals surface area contributed by atoms with Crippen LogP contribution in [0.15, 0.2) is 0 Å². The molecule has 2 rings (SSSR count). The minimum atomic E-state index is -0.614. The first-order valence-electron chi connectivity index (χ1n) is 6.99. The van der Waals surface area contributed by atoms with Crippen LogP contribution in [-0.4, -0.2) is 34.6 Å². The Kier molecular flexibility index (Phi) is 3.76. The van der Waals surface area contributed by atoms with Crippen molar-refractivity contribution in [1.29, 1.82) is 0 Å². The summed E-state index contributed by atoms with van der Waals surface area (Å²) in [6.07, 6.45) is 4.68. The van der Waals surface area contributed by atoms with Crippen LogP contribution in [0.1, 0.15) is 46.5 Å². The maximum atomic E-state index is 11.1. The number of hydrogen-bond acceptors (Lipinski definition) is 2. The van der Waals surface area contributed by atoms with Gasteiger partial charge in [0.1, 0.15) is 0 Å². The molecule has 0 aromatic heterocycles. The van der Waals surface area contributed by atoms with E-state index >= 15 is 0 Å². The zero-order valence-corrected chi connectivity index (χ0v) is 11.2. The van der Waals surface area contributed by atoms with Crippen molar-refractivity contribution in [3.8, 4) is 0 Å². The normalized spacial score (nSPS) is 43.8. The van der Waals surface area contributed by atoms with Crippen molar-refractivity contribution in [2.45, 2.75) is 58.5 Å². The minimum absolute atomic E-state index is 0.151. The molecule has 3 nitrogen and oxygen atoms in total. The Morgan fingerprint density at radius 1 is 1.18 bits per heavy atom. The zero-order chi connectivity index (χ0) is 12.6. The summed E-state index contributed by atoms with van der Waals surface area (Å²) in [5, 5.41) is 9.18. The van der Waals surface area contributed by atoms with Gasteiger partial charge in [0.25, 0.3) is 0 Å². The van der Waals surface area contributed by atoms with E-state index in [1.807, 2.05) is 0 Å². The molecule has 1 aliphatic heterocycles. The highest BCUT2D eigenvalue weighted by molar-refractivity contribution is 5.71. The van der Waals surface area contributed by atoms with E-state index in [1.165, 1.54) is 19.3 Å². The molecule has 0 spiro atoms. The van der Waals surface area contributed by atoms with Crippen molar-refractivity contribution in [3.05, 3.63) is 0 Å². The van der Waals surface area contributed by atoms with E-state index in [2.05, 4.69) is 25.7 Å². The molecule has 1 heterocycles. The number of hydrogen-bond donors (Lipinski definition) is 1. The van der Waals surface area contributed by atoms with E-state index in [0.717, 1.165) is 18.9 Å². The Morgan fingerprint density at radius 3 is 2.41 bits per heavy atom. The van der Waals surface area contributed by atoms with Gasteiger partial charge in [0.2, 0.25) is 0 Å². The number of carboxylic acids is 1. The first-order chi connectivity index (χ1) is 8.00. The fourth-order valence-electron chi connectivity index (χ4n) is 3.90. The van der Waals surface area contributed by atoms with Crippen LogP contribution >= 0.6 is 0 Å². The summed E-state index contributed by atoms with van der Waals surface area (Å²) in [5.41, 5.74) is 0. The number of carboxylic acid groups (broad SMARTS) is 1. The van der Waals surface area contributed by atoms with Gasteiger partial charge in [-0.05, 0) is 51.0 Å². The van der Waals surface area contributed by atoms with Gasteiger partial charge in [-0.2, -0.15) is 0 Å². The van der Waals surface area contributed by atoms with E-state index < -0.39 is 5.97 Å². The summed E-state index contributed by atoms with van der Waals surface area (Å²) in [6.45, 7) is 7.74. The Morgan fingerprint density at radius 2 is 1.88 bits per heavy atom. The van der Waals surface area contributed by atoms with E-state index in [0.29, 0.717) is 12.0 Å². The first-order valence-corrected chi connectivity index (χ1v) is 6.99. The molecule has 0 aromatic carbocycles. The van der Waals surface area contributed by atoms with E-state index in [9.17, 15) is 9.90 Å². The topological polar surface area (TPSA) is 40.5 Å². The van der Waals surface area contributed by atoms with Crippen LogP contribution in [0.2, 0.25) is 0 Å². The molecular weight excluding hydrogens is 214 g/mol. The summed E-state index contributed by atoms with van der Waals surface area (Å²) < 4.78 is 0. The van der Waals surface area contributed by atoms with Crippen molar-refractivity contribution in [1.82, 2.24) is 4.90 Å². The smallest absolute Gasteiger partial charge is 0.308 e. The van der Waals surface area contributed by atoms with Gasteiger partial charge in [-0.3, -0.25) is 9.69 Å². The van der Waals surface area contributed by atoms with Crippen molar-refractivity contribution >= 4 is 5.97 Å². The molecule has 98 valence electrons. The quantitative estimate of drug-likeness (QED) is 0.805. The van der Waals surface area contributed by atoms with E-state index in [1.54, 1.807) is 0 Å². The van der Waals surface area contributed by atoms with Gasteiger partial charge >= 0.3 is 5.97 Å². The second-order valence-electron chi connectivity index (χ2n) is 6.17. The third kappa shape index (κ3) is 2.49. The maximum absolute atomic E-state index is 11.1. The summed E-state index contributed by atoms with van der Waals surface area (Å²) in [4.78, 5) is 13.6. The van der Waals surface area contributed by atoms with Crippen molar-refractivity contribution in [2.24, 2.45) is 17.8 Å². The monoisotopic (exact) mass is 239 g/mol. The van der Waals surface area contributed by atoms with Gasteiger partial charge < -0.3 is 5.11 Å². The standard InChI is InChI=1S/C14H25NO2/c1-9-4-5-13(10(2)8-9)15-7-6-12(11(15)3)14(16)17/h9-13H,4-8H2,1-3H3,(H,16,17). The highest BCUT2D eigenvalue weighted by atomic mass is 16.4. The minimum Gasteiger partial charge on any atom is -0.481 e. The zero-order valence-electron chi connectivity index (χ0n) is 11.2. The lowest BCUT2D eigenvalue weighted by atomic mass is 9.79. The average Bonchev–Trinajstić information content (AvgIpc) is 2.60. The summed E-state index contributed by atoms with van der Waals surface area (Å²) >= 11 is 0. The van der Waals surface area contributed by atoms with E-state index in [4.69, 9.17) is 0 Å². The second kappa shape index (κ2) is 4.97. The second-order valence-corrected chi connectivity index (χ2v) is 6.17. The molecular formula is C14H25NO2. The van der Waals surface area contributed by atoms with Gasteiger partial charge in [0.15, 0.2) is 0 Å². The predicted molar refractivity (Wildman–Crippen MR) is 67.9 cm³/mol. The number of carbonyl (C=O) groups is 1. The Bertz CT molecular complexity index is 292. The molecule has 3 heteroatoms. The molecule has 0 bridgehead atoms. The lowest BCUT2D eigenvalue weighted by Gasteiger charge is -2.41. The Labute approximate surface area is 104 Å². The van der Waals surface area contributed by atoms with Crippen LogP contribution in [0.25, 0.3) is 0 Å². The van der Waals surface area contributed by atoms with Crippen molar-refractivity contribution < 1.29 is 9.90 Å². The molecule has 0 radical (unpaired) electrons. The van der Waals surface area contributed by atoms with Crippen LogP contribution < -0.4 is 0 Å². The maximum Gasteiger partial charge on any atom is 0.308 e. The third-order valence-electron chi connectivity index (χ3n) is 4.93. The molecule has 2 fully saturated rings. The summed E-state index contributed by atoms with van der Waals surface area (Å²) in [6, 6.07) is 0.832. The molecule has 2 aliphatic rings. The fraction of sp³-hybridized carbons (Fsp3) is 0.929. The van der Waals surface area contributed by atoms with Gasteiger partial charge in [0, 0.05) is 12.1 Å². The SMILES string of the molecule is CC1CCC(N2CCC(C(=O)O)C2C)C(C)C1. The number of nitrogens with zero attached hydrogens (tertiary/aromatic N) is 1. The molecule has 0 aromatic rings. The Balaban J connectivity index is 2.01. The molecule has 17 heavy (non-hydrogen) atoms. The predicted octanol–water partition coefficient (Wildman–Crippen LogP) is 2.61. The number of likely N-dealkylation sites (tertiary alicyclic amines) is 1. The average molecular weight is 239 g/mol. The highest BCUT2D eigenvalue weighted by Crippen LogP contribution is 2.37. The molecule has 1 N–H and O–H groups in total. The first kappa shape index (κ1) is 12.9. The number of aliphatic carboxylic acids is 1. The van der Waals surface area contributed by atoms with Gasteiger partial charge in [-0.25, -0.2) is 0 Å². The van der Waals surface area contributed by atoms with Gasteiger partial charge in [-0.1, -0.05) is 13.8 Å². The molecule has 5 atom stereocenters. The lowest BCUT2D eigenvalue weighted by molar-refractivity contribution is -0.142. The van der Waals surface area contributed by atoms with Crippen LogP contribution in [-0.2, 0) is 4.79 Å². The molecule has 1 saturated heterocycles. The Hall–Kier alpha value is -0.570. The van der Waals surface area contributed by atoms with Crippen molar-refractivity contribution in [3.63, 3.8) is 0 Å². The van der Waals surface area contributed by atoms with Gasteiger partial charge in [-0.15, -0.1) is 0 Å². The number of rotatable bonds is 2. The lowest BCUT2D eigenvalue weighted by Crippen LogP contribution is -2.46. The largest absolute Gasteiger partial charge is 0.481 e. The van der Waals surface area contributed by atoms with Crippen LogP contribution in [0, 0.1) is 17.8 Å². The molecule has 1 saturated carbocycles. The fourth-order valence-corrected chi connectivity index (χ4v) is 3.90. The summed E-state index contributed by atoms with van der Waals surface area (Å²) in [7, 11) is 0. The van der Waals surface area contributed by atoms with Gasteiger partial charge in [0.05, 0.1) is 5.92 Å². The third-order valence-corrected chi connectivity index (χ3v) is 4.93. The van der Waals surface area contributed by atoms with Crippen LogP contribution in [0.3, 0.4) is 0 Å².